The fourth-order valence-electron chi connectivity index (χ4n) is 3.33. The minimum absolute atomic E-state index is 0.0906. The third-order valence-corrected chi connectivity index (χ3v) is 5.22. The van der Waals surface area contributed by atoms with Crippen molar-refractivity contribution in [3.63, 3.8) is 0 Å². The molecule has 0 fully saturated rings. The molecule has 0 bridgehead atoms. The summed E-state index contributed by atoms with van der Waals surface area (Å²) < 4.78 is 13.4. The second-order valence-electron chi connectivity index (χ2n) is 6.57. The van der Waals surface area contributed by atoms with Gasteiger partial charge in [0.05, 0.1) is 32.7 Å². The van der Waals surface area contributed by atoms with Gasteiger partial charge in [0.1, 0.15) is 22.3 Å². The second kappa shape index (κ2) is 8.04. The average molecular weight is 424 g/mol. The predicted molar refractivity (Wildman–Crippen MR) is 114 cm³/mol. The smallest absolute Gasteiger partial charge is 0.295 e. The number of hydrogen-bond donors (Lipinski definition) is 0. The molecule has 0 atom stereocenters. The van der Waals surface area contributed by atoms with Crippen molar-refractivity contribution < 1.29 is 14.3 Å². The van der Waals surface area contributed by atoms with Crippen molar-refractivity contribution in [2.24, 2.45) is 0 Å². The molecule has 0 spiro atoms. The van der Waals surface area contributed by atoms with Gasteiger partial charge < -0.3 is 9.47 Å². The van der Waals surface area contributed by atoms with E-state index in [0.717, 1.165) is 11.3 Å². The highest BCUT2D eigenvalue weighted by atomic mass is 35.5. The van der Waals surface area contributed by atoms with Crippen molar-refractivity contribution >= 4 is 23.5 Å². The van der Waals surface area contributed by atoms with Gasteiger partial charge in [0.2, 0.25) is 5.65 Å². The first-order valence-electron chi connectivity index (χ1n) is 9.09. The first kappa shape index (κ1) is 19.7. The van der Waals surface area contributed by atoms with Crippen molar-refractivity contribution in [2.45, 2.75) is 6.54 Å². The van der Waals surface area contributed by atoms with Crippen LogP contribution in [0, 0.1) is 0 Å². The van der Waals surface area contributed by atoms with Gasteiger partial charge >= 0.3 is 0 Å². The number of carbonyl (C=O) groups is 1. The maximum absolute atomic E-state index is 13.3. The number of fused-ring (bicyclic) bond motifs is 1. The molecule has 4 aromatic rings. The number of nitrogens with zero attached hydrogens (tertiary/aromatic N) is 3. The topological polar surface area (TPSA) is 74.8 Å². The molecule has 8 heteroatoms. The van der Waals surface area contributed by atoms with E-state index in [1.807, 2.05) is 36.4 Å². The van der Waals surface area contributed by atoms with Gasteiger partial charge in [-0.15, -0.1) is 0 Å². The fourth-order valence-corrected chi connectivity index (χ4v) is 3.72. The van der Waals surface area contributed by atoms with Gasteiger partial charge in [-0.3, -0.25) is 18.6 Å². The van der Waals surface area contributed by atoms with Gasteiger partial charge in [0.25, 0.3) is 5.56 Å². The summed E-state index contributed by atoms with van der Waals surface area (Å²) in [5, 5.41) is 0.225. The normalized spacial score (nSPS) is 10.9. The van der Waals surface area contributed by atoms with E-state index in [1.54, 1.807) is 30.9 Å². The van der Waals surface area contributed by atoms with Crippen molar-refractivity contribution in [3.8, 4) is 22.8 Å². The van der Waals surface area contributed by atoms with Crippen LogP contribution in [0.3, 0.4) is 0 Å². The SMILES string of the molecule is COc1ccc(Cn2c(-c3ccc(OC)cc3)c(Cl)n3c(C=O)cnc3c2=O)cc1. The van der Waals surface area contributed by atoms with Gasteiger partial charge in [-0.25, -0.2) is 4.98 Å². The first-order valence-corrected chi connectivity index (χ1v) is 9.47. The lowest BCUT2D eigenvalue weighted by Crippen LogP contribution is -2.26. The van der Waals surface area contributed by atoms with Crippen LogP contribution >= 0.6 is 11.6 Å². The van der Waals surface area contributed by atoms with Crippen LogP contribution in [0.5, 0.6) is 11.5 Å². The maximum atomic E-state index is 13.3. The molecule has 0 radical (unpaired) electrons. The summed E-state index contributed by atoms with van der Waals surface area (Å²) in [6.45, 7) is 0.268. The summed E-state index contributed by atoms with van der Waals surface area (Å²) >= 11 is 6.72. The third kappa shape index (κ3) is 3.33. The van der Waals surface area contributed by atoms with E-state index in [0.29, 0.717) is 23.3 Å². The molecule has 0 aliphatic heterocycles. The van der Waals surface area contributed by atoms with Gasteiger partial charge in [-0.1, -0.05) is 23.7 Å². The Labute approximate surface area is 177 Å². The van der Waals surface area contributed by atoms with E-state index < -0.39 is 0 Å². The average Bonchev–Trinajstić information content (AvgIpc) is 3.23. The van der Waals surface area contributed by atoms with Crippen LogP contribution in [0.15, 0.2) is 59.5 Å². The summed E-state index contributed by atoms with van der Waals surface area (Å²) in [5.41, 5.74) is 2.02. The number of aldehydes is 1. The summed E-state index contributed by atoms with van der Waals surface area (Å²) in [4.78, 5) is 28.9. The third-order valence-electron chi connectivity index (χ3n) is 4.87. The molecule has 0 aliphatic carbocycles. The Balaban J connectivity index is 1.97. The summed E-state index contributed by atoms with van der Waals surface area (Å²) in [5.74, 6) is 1.40. The zero-order chi connectivity index (χ0) is 21.3. The molecule has 0 aliphatic rings. The van der Waals surface area contributed by atoms with Crippen molar-refractivity contribution in [3.05, 3.63) is 81.5 Å². The van der Waals surface area contributed by atoms with Crippen molar-refractivity contribution in [2.75, 3.05) is 14.2 Å². The Morgan fingerprint density at radius 2 is 1.60 bits per heavy atom. The van der Waals surface area contributed by atoms with Crippen LogP contribution in [-0.2, 0) is 6.54 Å². The van der Waals surface area contributed by atoms with Crippen LogP contribution < -0.4 is 15.0 Å². The molecule has 2 heterocycles. The van der Waals surface area contributed by atoms with E-state index >= 15 is 0 Å². The van der Waals surface area contributed by atoms with Gasteiger partial charge in [0, 0.05) is 5.56 Å². The highest BCUT2D eigenvalue weighted by Gasteiger charge is 2.20. The monoisotopic (exact) mass is 423 g/mol. The number of carbonyl (C=O) groups excluding carboxylic acids is 1. The van der Waals surface area contributed by atoms with E-state index in [2.05, 4.69) is 4.98 Å². The maximum Gasteiger partial charge on any atom is 0.295 e. The van der Waals surface area contributed by atoms with E-state index in [4.69, 9.17) is 21.1 Å². The number of imidazole rings is 1. The molecule has 30 heavy (non-hydrogen) atoms. The minimum atomic E-state index is -0.353. The van der Waals surface area contributed by atoms with E-state index in [9.17, 15) is 9.59 Å². The van der Waals surface area contributed by atoms with Crippen LogP contribution in [0.1, 0.15) is 16.1 Å². The van der Waals surface area contributed by atoms with E-state index in [1.165, 1.54) is 10.6 Å². The molecule has 4 rings (SSSR count). The standard InChI is InChI=1S/C22H18ClN3O4/c1-29-17-7-3-14(4-8-17)12-25-19(15-5-9-18(30-2)10-6-15)20(23)26-16(13-27)11-24-21(26)22(25)28/h3-11,13H,12H2,1-2H3. The molecule has 0 N–H and O–H groups in total. The number of hydrogen-bond acceptors (Lipinski definition) is 5. The Morgan fingerprint density at radius 3 is 2.17 bits per heavy atom. The number of methoxy groups -OCH3 is 2. The lowest BCUT2D eigenvalue weighted by Gasteiger charge is -2.17. The molecule has 0 amide bonds. The summed E-state index contributed by atoms with van der Waals surface area (Å²) in [7, 11) is 3.17. The molecular weight excluding hydrogens is 406 g/mol. The Morgan fingerprint density at radius 1 is 1.00 bits per heavy atom. The Kier molecular flexibility index (Phi) is 5.29. The zero-order valence-electron chi connectivity index (χ0n) is 16.3. The minimum Gasteiger partial charge on any atom is -0.497 e. The Bertz CT molecular complexity index is 1280. The number of benzene rings is 2. The molecule has 2 aromatic carbocycles. The highest BCUT2D eigenvalue weighted by molar-refractivity contribution is 6.32. The molecule has 7 nitrogen and oxygen atoms in total. The van der Waals surface area contributed by atoms with Gasteiger partial charge in [0.15, 0.2) is 6.29 Å². The van der Waals surface area contributed by atoms with Crippen molar-refractivity contribution in [1.82, 2.24) is 14.0 Å². The number of halogens is 1. The first-order chi connectivity index (χ1) is 14.6. The van der Waals surface area contributed by atoms with Crippen molar-refractivity contribution in [1.29, 1.82) is 0 Å². The predicted octanol–water partition coefficient (Wildman–Crippen LogP) is 3.69. The molecule has 152 valence electrons. The Hall–Kier alpha value is -3.58. The van der Waals surface area contributed by atoms with Crippen LogP contribution in [0.2, 0.25) is 5.15 Å². The van der Waals surface area contributed by atoms with Crippen LogP contribution in [0.25, 0.3) is 16.9 Å². The molecule has 2 aromatic heterocycles. The fraction of sp³-hybridized carbons (Fsp3) is 0.136. The van der Waals surface area contributed by atoms with Gasteiger partial charge in [-0.05, 0) is 42.0 Å². The second-order valence-corrected chi connectivity index (χ2v) is 6.93. The summed E-state index contributed by atoms with van der Waals surface area (Å²) in [6, 6.07) is 14.6. The molecular formula is C22H18ClN3O4. The lowest BCUT2D eigenvalue weighted by molar-refractivity contribution is 0.111. The molecule has 0 saturated carbocycles. The number of aromatic nitrogens is 3. The van der Waals surface area contributed by atoms with Crippen LogP contribution in [0.4, 0.5) is 0 Å². The highest BCUT2D eigenvalue weighted by Crippen LogP contribution is 2.30. The lowest BCUT2D eigenvalue weighted by atomic mass is 10.1. The molecule has 0 unspecified atom stereocenters. The van der Waals surface area contributed by atoms with E-state index in [-0.39, 0.29) is 28.6 Å². The number of ether oxygens (including phenoxy) is 2. The molecule has 0 saturated heterocycles. The van der Waals surface area contributed by atoms with Crippen LogP contribution in [-0.4, -0.2) is 34.5 Å². The summed E-state index contributed by atoms with van der Waals surface area (Å²) in [6.07, 6.45) is 1.96. The zero-order valence-corrected chi connectivity index (χ0v) is 17.1. The largest absolute Gasteiger partial charge is 0.497 e. The quantitative estimate of drug-likeness (QED) is 0.442. The number of rotatable bonds is 6. The van der Waals surface area contributed by atoms with Gasteiger partial charge in [-0.2, -0.15) is 0 Å².